The minimum absolute atomic E-state index is 0.00833. The second-order valence-electron chi connectivity index (χ2n) is 3.68. The molecule has 4 nitrogen and oxygen atoms in total. The molecule has 0 saturated carbocycles. The minimum atomic E-state index is -0.874. The number of hydrogen-bond acceptors (Lipinski definition) is 4. The molecule has 0 radical (unpaired) electrons. The van der Waals surface area contributed by atoms with E-state index in [-0.39, 0.29) is 17.4 Å². The van der Waals surface area contributed by atoms with E-state index in [9.17, 15) is 9.59 Å². The molecule has 1 fully saturated rings. The monoisotopic (exact) mass is 263 g/mol. The van der Waals surface area contributed by atoms with E-state index in [1.54, 1.807) is 0 Å². The van der Waals surface area contributed by atoms with Gasteiger partial charge in [0.2, 0.25) is 5.91 Å². The molecule has 0 bridgehead atoms. The van der Waals surface area contributed by atoms with Gasteiger partial charge in [0.15, 0.2) is 0 Å². The zero-order valence-electron chi connectivity index (χ0n) is 9.11. The van der Waals surface area contributed by atoms with E-state index >= 15 is 0 Å². The molecule has 1 atom stereocenters. The molecule has 0 spiro atoms. The lowest BCUT2D eigenvalue weighted by molar-refractivity contribution is -0.133. The quantitative estimate of drug-likeness (QED) is 0.754. The summed E-state index contributed by atoms with van der Waals surface area (Å²) in [7, 11) is 0. The second-order valence-corrected chi connectivity index (χ2v) is 6.07. The average molecular weight is 263 g/mol. The van der Waals surface area contributed by atoms with Crippen LogP contribution in [0.3, 0.4) is 0 Å². The molecule has 1 aliphatic heterocycles. The molecule has 1 rings (SSSR count). The van der Waals surface area contributed by atoms with E-state index in [0.29, 0.717) is 5.25 Å². The van der Waals surface area contributed by atoms with Crippen LogP contribution in [0.1, 0.15) is 19.3 Å². The fourth-order valence-corrected chi connectivity index (χ4v) is 3.28. The van der Waals surface area contributed by atoms with Crippen LogP contribution < -0.4 is 5.32 Å². The first kappa shape index (κ1) is 13.7. The lowest BCUT2D eigenvalue weighted by atomic mass is 10.2. The van der Waals surface area contributed by atoms with Crippen LogP contribution in [0.5, 0.6) is 0 Å². The van der Waals surface area contributed by atoms with Crippen molar-refractivity contribution in [1.29, 1.82) is 0 Å². The van der Waals surface area contributed by atoms with Gasteiger partial charge in [-0.3, -0.25) is 9.59 Å². The van der Waals surface area contributed by atoms with Crippen LogP contribution in [0.25, 0.3) is 0 Å². The van der Waals surface area contributed by atoms with E-state index in [2.05, 4.69) is 5.32 Å². The van der Waals surface area contributed by atoms with Gasteiger partial charge in [0.25, 0.3) is 0 Å². The first-order chi connectivity index (χ1) is 7.68. The molecule has 0 aliphatic carbocycles. The van der Waals surface area contributed by atoms with Crippen molar-refractivity contribution >= 4 is 35.4 Å². The summed E-state index contributed by atoms with van der Waals surface area (Å²) in [6, 6.07) is 0. The standard InChI is InChI=1S/C10H17NO3S2/c12-9(6-15-7-10(13)14)11-5-8-3-1-2-4-16-8/h8H,1-7H2,(H,11,12)(H,13,14). The molecule has 0 aromatic heterocycles. The number of amides is 1. The Kier molecular flexibility index (Phi) is 6.71. The van der Waals surface area contributed by atoms with Crippen molar-refractivity contribution in [3.05, 3.63) is 0 Å². The van der Waals surface area contributed by atoms with Gasteiger partial charge in [-0.2, -0.15) is 11.8 Å². The average Bonchev–Trinajstić information content (AvgIpc) is 2.27. The molecule has 6 heteroatoms. The maximum atomic E-state index is 11.3. The molecule has 1 heterocycles. The van der Waals surface area contributed by atoms with Crippen molar-refractivity contribution in [2.45, 2.75) is 24.5 Å². The lowest BCUT2D eigenvalue weighted by Gasteiger charge is -2.21. The van der Waals surface area contributed by atoms with Crippen LogP contribution in [0, 0.1) is 0 Å². The highest BCUT2D eigenvalue weighted by atomic mass is 32.2. The van der Waals surface area contributed by atoms with Crippen LogP contribution in [0.4, 0.5) is 0 Å². The number of carboxylic acid groups (broad SMARTS) is 1. The van der Waals surface area contributed by atoms with E-state index in [1.807, 2.05) is 11.8 Å². The van der Waals surface area contributed by atoms with Gasteiger partial charge >= 0.3 is 5.97 Å². The SMILES string of the molecule is O=C(O)CSCC(=O)NCC1CCCCS1. The maximum absolute atomic E-state index is 11.3. The zero-order chi connectivity index (χ0) is 11.8. The molecular formula is C10H17NO3S2. The van der Waals surface area contributed by atoms with Crippen molar-refractivity contribution < 1.29 is 14.7 Å². The summed E-state index contributed by atoms with van der Waals surface area (Å²) < 4.78 is 0. The van der Waals surface area contributed by atoms with Crippen LogP contribution >= 0.6 is 23.5 Å². The summed E-state index contributed by atoms with van der Waals surface area (Å²) in [5.41, 5.74) is 0. The second kappa shape index (κ2) is 7.84. The number of aliphatic carboxylic acids is 1. The number of nitrogens with one attached hydrogen (secondary N) is 1. The number of carbonyl (C=O) groups is 2. The van der Waals surface area contributed by atoms with Crippen LogP contribution in [-0.2, 0) is 9.59 Å². The molecule has 16 heavy (non-hydrogen) atoms. The maximum Gasteiger partial charge on any atom is 0.313 e. The molecule has 0 aromatic rings. The molecule has 1 amide bonds. The predicted octanol–water partition coefficient (Wildman–Crippen LogP) is 1.21. The van der Waals surface area contributed by atoms with Crippen molar-refractivity contribution in [2.24, 2.45) is 0 Å². The normalized spacial score (nSPS) is 20.4. The summed E-state index contributed by atoms with van der Waals surface area (Å²) in [6.45, 7) is 0.719. The Morgan fingerprint density at radius 1 is 1.38 bits per heavy atom. The summed E-state index contributed by atoms with van der Waals surface area (Å²) in [4.78, 5) is 21.6. The largest absolute Gasteiger partial charge is 0.481 e. The Hall–Kier alpha value is -0.360. The number of carboxylic acids is 1. The van der Waals surface area contributed by atoms with Gasteiger partial charge in [0.05, 0.1) is 11.5 Å². The van der Waals surface area contributed by atoms with Crippen molar-refractivity contribution in [2.75, 3.05) is 23.8 Å². The van der Waals surface area contributed by atoms with Crippen molar-refractivity contribution in [3.8, 4) is 0 Å². The molecule has 1 saturated heterocycles. The fourth-order valence-electron chi connectivity index (χ4n) is 1.48. The molecule has 0 aromatic carbocycles. The lowest BCUT2D eigenvalue weighted by Crippen LogP contribution is -2.33. The molecule has 2 N–H and O–H groups in total. The summed E-state index contributed by atoms with van der Waals surface area (Å²) in [6.07, 6.45) is 3.71. The summed E-state index contributed by atoms with van der Waals surface area (Å²) in [5, 5.41) is 11.8. The Labute approximate surface area is 104 Å². The van der Waals surface area contributed by atoms with Gasteiger partial charge in [-0.25, -0.2) is 0 Å². The third-order valence-electron chi connectivity index (χ3n) is 2.26. The molecule has 92 valence electrons. The van der Waals surface area contributed by atoms with Gasteiger partial charge in [0.1, 0.15) is 0 Å². The van der Waals surface area contributed by atoms with Crippen LogP contribution in [0.2, 0.25) is 0 Å². The number of thioether (sulfide) groups is 2. The topological polar surface area (TPSA) is 66.4 Å². The third-order valence-corrected chi connectivity index (χ3v) is 4.58. The van der Waals surface area contributed by atoms with E-state index in [4.69, 9.17) is 5.11 Å². The van der Waals surface area contributed by atoms with E-state index < -0.39 is 5.97 Å². The fraction of sp³-hybridized carbons (Fsp3) is 0.800. The first-order valence-corrected chi connectivity index (χ1v) is 7.56. The summed E-state index contributed by atoms with van der Waals surface area (Å²) in [5.74, 6) is 0.488. The van der Waals surface area contributed by atoms with Crippen LogP contribution in [0.15, 0.2) is 0 Å². The number of hydrogen-bond donors (Lipinski definition) is 2. The van der Waals surface area contributed by atoms with Gasteiger partial charge in [-0.1, -0.05) is 6.42 Å². The predicted molar refractivity (Wildman–Crippen MR) is 68.1 cm³/mol. The number of carbonyl (C=O) groups excluding carboxylic acids is 1. The molecule has 1 aliphatic rings. The Balaban J connectivity index is 2.02. The Morgan fingerprint density at radius 2 is 2.19 bits per heavy atom. The highest BCUT2D eigenvalue weighted by molar-refractivity contribution is 8.00. The van der Waals surface area contributed by atoms with Gasteiger partial charge in [-0.15, -0.1) is 11.8 Å². The Morgan fingerprint density at radius 3 is 2.81 bits per heavy atom. The van der Waals surface area contributed by atoms with E-state index in [0.717, 1.165) is 18.3 Å². The minimum Gasteiger partial charge on any atom is -0.481 e. The van der Waals surface area contributed by atoms with Gasteiger partial charge in [-0.05, 0) is 18.6 Å². The van der Waals surface area contributed by atoms with Crippen molar-refractivity contribution in [3.63, 3.8) is 0 Å². The number of rotatable bonds is 6. The highest BCUT2D eigenvalue weighted by Crippen LogP contribution is 2.24. The third kappa shape index (κ3) is 6.27. The van der Waals surface area contributed by atoms with Crippen molar-refractivity contribution in [1.82, 2.24) is 5.32 Å². The smallest absolute Gasteiger partial charge is 0.313 e. The summed E-state index contributed by atoms with van der Waals surface area (Å²) >= 11 is 3.06. The Bertz CT molecular complexity index is 242. The van der Waals surface area contributed by atoms with Gasteiger partial charge < -0.3 is 10.4 Å². The highest BCUT2D eigenvalue weighted by Gasteiger charge is 2.14. The first-order valence-electron chi connectivity index (χ1n) is 5.36. The van der Waals surface area contributed by atoms with Crippen LogP contribution in [-0.4, -0.2) is 46.0 Å². The molecule has 1 unspecified atom stereocenters. The van der Waals surface area contributed by atoms with Gasteiger partial charge in [0, 0.05) is 11.8 Å². The van der Waals surface area contributed by atoms with E-state index in [1.165, 1.54) is 25.0 Å². The molecular weight excluding hydrogens is 246 g/mol. The zero-order valence-corrected chi connectivity index (χ0v) is 10.7.